The maximum absolute atomic E-state index is 13.8. The van der Waals surface area contributed by atoms with Crippen LogP contribution in [-0.4, -0.2) is 23.2 Å². The lowest BCUT2D eigenvalue weighted by molar-refractivity contribution is -0.120. The molecule has 1 aromatic heterocycles. The summed E-state index contributed by atoms with van der Waals surface area (Å²) in [5.74, 6) is -1.19. The highest BCUT2D eigenvalue weighted by Gasteiger charge is 2.17. The van der Waals surface area contributed by atoms with Crippen LogP contribution in [0.3, 0.4) is 0 Å². The molecule has 3 aromatic rings. The molecule has 27 heavy (non-hydrogen) atoms. The minimum atomic E-state index is -0.473. The zero-order chi connectivity index (χ0) is 19.4. The van der Waals surface area contributed by atoms with Crippen LogP contribution in [0.25, 0.3) is 11.5 Å². The summed E-state index contributed by atoms with van der Waals surface area (Å²) in [6.45, 7) is 1.41. The molecule has 2 aromatic carbocycles. The lowest BCUT2D eigenvalue weighted by atomic mass is 10.1. The van der Waals surface area contributed by atoms with Crippen molar-refractivity contribution in [1.29, 1.82) is 0 Å². The van der Waals surface area contributed by atoms with E-state index >= 15 is 0 Å². The zero-order valence-electron chi connectivity index (χ0n) is 14.5. The fraction of sp³-hybridized carbons (Fsp3) is 0.150. The maximum Gasteiger partial charge on any atom is 0.229 e. The number of carbonyl (C=O) groups is 2. The van der Waals surface area contributed by atoms with E-state index in [1.807, 2.05) is 0 Å². The van der Waals surface area contributed by atoms with Crippen molar-refractivity contribution in [2.45, 2.75) is 13.3 Å². The van der Waals surface area contributed by atoms with E-state index in [9.17, 15) is 18.4 Å². The van der Waals surface area contributed by atoms with Crippen molar-refractivity contribution in [2.75, 3.05) is 6.54 Å². The summed E-state index contributed by atoms with van der Waals surface area (Å²) in [5, 5.41) is 2.49. The molecule has 5 nitrogen and oxygen atoms in total. The molecule has 0 saturated heterocycles. The largest absolute Gasteiger partial charge is 0.441 e. The predicted octanol–water partition coefficient (Wildman–Crippen LogP) is 3.47. The van der Waals surface area contributed by atoms with Crippen molar-refractivity contribution in [3.05, 3.63) is 77.2 Å². The standard InChI is InChI=1S/C20H16F2N2O3/c1-12-17(24-20(27-12)15-4-2-3-5-16(15)22)10-19(26)23-11-18(25)13-6-8-14(21)9-7-13/h2-9H,10-11H2,1H3,(H,23,26). The van der Waals surface area contributed by atoms with Crippen LogP contribution in [0.15, 0.2) is 52.9 Å². The molecule has 0 aliphatic heterocycles. The summed E-state index contributed by atoms with van der Waals surface area (Å²) in [5.41, 5.74) is 0.870. The fourth-order valence-corrected chi connectivity index (χ4v) is 2.47. The van der Waals surface area contributed by atoms with Gasteiger partial charge in [-0.05, 0) is 43.3 Å². The highest BCUT2D eigenvalue weighted by molar-refractivity contribution is 5.99. The average Bonchev–Trinajstić information content (AvgIpc) is 3.01. The fourth-order valence-electron chi connectivity index (χ4n) is 2.47. The number of Topliss-reactive ketones (excluding diaryl/α,β-unsaturated/α-hetero) is 1. The molecular formula is C20H16F2N2O3. The molecule has 1 N–H and O–H groups in total. The normalized spacial score (nSPS) is 10.6. The Labute approximate surface area is 154 Å². The summed E-state index contributed by atoms with van der Waals surface area (Å²) in [6, 6.07) is 11.1. The highest BCUT2D eigenvalue weighted by atomic mass is 19.1. The quantitative estimate of drug-likeness (QED) is 0.675. The number of amides is 1. The number of nitrogens with zero attached hydrogens (tertiary/aromatic N) is 1. The third-order valence-corrected chi connectivity index (χ3v) is 3.94. The molecule has 0 aliphatic carbocycles. The molecule has 1 heterocycles. The molecule has 3 rings (SSSR count). The molecule has 0 bridgehead atoms. The van der Waals surface area contributed by atoms with Gasteiger partial charge in [-0.15, -0.1) is 0 Å². The van der Waals surface area contributed by atoms with E-state index in [0.717, 1.165) is 0 Å². The summed E-state index contributed by atoms with van der Waals surface area (Å²) in [4.78, 5) is 28.3. The van der Waals surface area contributed by atoms with Crippen LogP contribution < -0.4 is 5.32 Å². The van der Waals surface area contributed by atoms with E-state index in [1.54, 1.807) is 19.1 Å². The van der Waals surface area contributed by atoms with Gasteiger partial charge in [0.15, 0.2) is 5.78 Å². The summed E-state index contributed by atoms with van der Waals surface area (Å²) in [6.07, 6.45) is -0.111. The second-order valence-electron chi connectivity index (χ2n) is 5.89. The van der Waals surface area contributed by atoms with Crippen molar-refractivity contribution in [1.82, 2.24) is 10.3 Å². The number of benzene rings is 2. The Morgan fingerprint density at radius 2 is 1.78 bits per heavy atom. The van der Waals surface area contributed by atoms with E-state index in [4.69, 9.17) is 4.42 Å². The van der Waals surface area contributed by atoms with Gasteiger partial charge in [0.2, 0.25) is 11.8 Å². The van der Waals surface area contributed by atoms with Crippen molar-refractivity contribution < 1.29 is 22.8 Å². The molecule has 0 unspecified atom stereocenters. The van der Waals surface area contributed by atoms with Crippen molar-refractivity contribution in [3.8, 4) is 11.5 Å². The minimum Gasteiger partial charge on any atom is -0.441 e. The Balaban J connectivity index is 1.62. The molecule has 0 aliphatic rings. The van der Waals surface area contributed by atoms with Gasteiger partial charge in [-0.2, -0.15) is 0 Å². The van der Waals surface area contributed by atoms with Crippen LogP contribution in [0.4, 0.5) is 8.78 Å². The Hall–Kier alpha value is -3.35. The number of hydrogen-bond acceptors (Lipinski definition) is 4. The first kappa shape index (κ1) is 18.4. The van der Waals surface area contributed by atoms with Gasteiger partial charge in [0, 0.05) is 5.56 Å². The minimum absolute atomic E-state index is 0.0933. The van der Waals surface area contributed by atoms with Crippen LogP contribution in [0.5, 0.6) is 0 Å². The second kappa shape index (κ2) is 7.90. The van der Waals surface area contributed by atoms with Crippen LogP contribution in [-0.2, 0) is 11.2 Å². The topological polar surface area (TPSA) is 72.2 Å². The predicted molar refractivity (Wildman–Crippen MR) is 94.1 cm³/mol. The third kappa shape index (κ3) is 4.44. The SMILES string of the molecule is Cc1oc(-c2ccccc2F)nc1CC(=O)NCC(=O)c1ccc(F)cc1. The van der Waals surface area contributed by atoms with E-state index in [1.165, 1.54) is 36.4 Å². The van der Waals surface area contributed by atoms with Crippen molar-refractivity contribution >= 4 is 11.7 Å². The Morgan fingerprint density at radius 1 is 1.07 bits per heavy atom. The molecule has 0 radical (unpaired) electrons. The van der Waals surface area contributed by atoms with E-state index in [0.29, 0.717) is 17.0 Å². The number of rotatable bonds is 6. The number of nitrogens with one attached hydrogen (secondary N) is 1. The van der Waals surface area contributed by atoms with Gasteiger partial charge in [-0.25, -0.2) is 13.8 Å². The van der Waals surface area contributed by atoms with E-state index < -0.39 is 17.5 Å². The van der Waals surface area contributed by atoms with Gasteiger partial charge < -0.3 is 9.73 Å². The van der Waals surface area contributed by atoms with E-state index in [2.05, 4.69) is 10.3 Å². The Bertz CT molecular complexity index is 981. The monoisotopic (exact) mass is 370 g/mol. The van der Waals surface area contributed by atoms with Gasteiger partial charge >= 0.3 is 0 Å². The highest BCUT2D eigenvalue weighted by Crippen LogP contribution is 2.24. The number of halogens is 2. The number of ketones is 1. The molecule has 0 atom stereocenters. The lowest BCUT2D eigenvalue weighted by Gasteiger charge is -2.04. The Kier molecular flexibility index (Phi) is 5.40. The van der Waals surface area contributed by atoms with Gasteiger partial charge in [0.1, 0.15) is 17.4 Å². The zero-order valence-corrected chi connectivity index (χ0v) is 14.5. The molecule has 7 heteroatoms. The maximum atomic E-state index is 13.8. The van der Waals surface area contributed by atoms with E-state index in [-0.39, 0.29) is 30.2 Å². The number of aromatic nitrogens is 1. The van der Waals surface area contributed by atoms with Crippen LogP contribution >= 0.6 is 0 Å². The number of aryl methyl sites for hydroxylation is 1. The van der Waals surface area contributed by atoms with Gasteiger partial charge in [-0.3, -0.25) is 9.59 Å². The van der Waals surface area contributed by atoms with Gasteiger partial charge in [0.25, 0.3) is 0 Å². The van der Waals surface area contributed by atoms with Crippen LogP contribution in [0.2, 0.25) is 0 Å². The van der Waals surface area contributed by atoms with Crippen LogP contribution in [0.1, 0.15) is 21.8 Å². The lowest BCUT2D eigenvalue weighted by Crippen LogP contribution is -2.31. The molecule has 0 spiro atoms. The summed E-state index contributed by atoms with van der Waals surface area (Å²) < 4.78 is 32.2. The summed E-state index contributed by atoms with van der Waals surface area (Å²) in [7, 11) is 0. The second-order valence-corrected chi connectivity index (χ2v) is 5.89. The first-order valence-electron chi connectivity index (χ1n) is 8.20. The molecule has 0 saturated carbocycles. The molecule has 1 amide bonds. The smallest absolute Gasteiger partial charge is 0.229 e. The molecule has 138 valence electrons. The van der Waals surface area contributed by atoms with Gasteiger partial charge in [0.05, 0.1) is 24.2 Å². The third-order valence-electron chi connectivity index (χ3n) is 3.94. The summed E-state index contributed by atoms with van der Waals surface area (Å²) >= 11 is 0. The first-order chi connectivity index (χ1) is 12.9. The van der Waals surface area contributed by atoms with Crippen molar-refractivity contribution in [3.63, 3.8) is 0 Å². The number of oxazole rings is 1. The number of hydrogen-bond donors (Lipinski definition) is 1. The molecule has 0 fully saturated rings. The average molecular weight is 370 g/mol. The Morgan fingerprint density at radius 3 is 2.48 bits per heavy atom. The van der Waals surface area contributed by atoms with Crippen LogP contribution in [0, 0.1) is 18.6 Å². The van der Waals surface area contributed by atoms with Crippen molar-refractivity contribution in [2.24, 2.45) is 0 Å². The molecular weight excluding hydrogens is 354 g/mol. The number of carbonyl (C=O) groups excluding carboxylic acids is 2. The first-order valence-corrected chi connectivity index (χ1v) is 8.20. The van der Waals surface area contributed by atoms with Gasteiger partial charge in [-0.1, -0.05) is 12.1 Å².